The highest BCUT2D eigenvalue weighted by Gasteiger charge is 2.21. The highest BCUT2D eigenvalue weighted by molar-refractivity contribution is 7.80. The van der Waals surface area contributed by atoms with Gasteiger partial charge in [0.05, 0.1) is 10.7 Å². The first-order valence-corrected chi connectivity index (χ1v) is 7.41. The maximum Gasteiger partial charge on any atom is 0.321 e. The van der Waals surface area contributed by atoms with Crippen molar-refractivity contribution in [3.05, 3.63) is 28.8 Å². The molecule has 1 heterocycles. The molecule has 108 valence electrons. The Balaban J connectivity index is 2.10. The molecule has 0 aromatic heterocycles. The number of piperidine rings is 1. The summed E-state index contributed by atoms with van der Waals surface area (Å²) in [5, 5.41) is 3.31. The Labute approximate surface area is 129 Å². The number of nitrogens with one attached hydrogen (secondary N) is 1. The van der Waals surface area contributed by atoms with Crippen LogP contribution in [0.25, 0.3) is 0 Å². The standard InChI is InChI=1S/C14H18ClN3OS/c1-9-3-2-6-18(8-9)14(19)17-12-7-10(13(16)20)4-5-11(12)15/h4-5,7,9H,2-3,6,8H2,1H3,(H2,16,20)(H,17,19). The van der Waals surface area contributed by atoms with E-state index in [0.717, 1.165) is 19.5 Å². The number of nitrogens with zero attached hydrogens (tertiary/aromatic N) is 1. The van der Waals surface area contributed by atoms with Crippen LogP contribution in [-0.4, -0.2) is 29.0 Å². The number of carbonyl (C=O) groups is 1. The van der Waals surface area contributed by atoms with E-state index in [1.807, 2.05) is 4.90 Å². The van der Waals surface area contributed by atoms with Crippen molar-refractivity contribution in [2.24, 2.45) is 11.7 Å². The van der Waals surface area contributed by atoms with Crippen LogP contribution < -0.4 is 11.1 Å². The molecule has 0 spiro atoms. The van der Waals surface area contributed by atoms with Gasteiger partial charge in [0.2, 0.25) is 0 Å². The highest BCUT2D eigenvalue weighted by atomic mass is 35.5. The summed E-state index contributed by atoms with van der Waals surface area (Å²) in [6.07, 6.45) is 2.21. The van der Waals surface area contributed by atoms with Crippen molar-refractivity contribution in [1.29, 1.82) is 0 Å². The van der Waals surface area contributed by atoms with Crippen LogP contribution >= 0.6 is 23.8 Å². The van der Waals surface area contributed by atoms with E-state index in [2.05, 4.69) is 12.2 Å². The van der Waals surface area contributed by atoms with Gasteiger partial charge in [0, 0.05) is 18.7 Å². The van der Waals surface area contributed by atoms with E-state index >= 15 is 0 Å². The van der Waals surface area contributed by atoms with Gasteiger partial charge in [-0.1, -0.05) is 36.8 Å². The number of hydrogen-bond acceptors (Lipinski definition) is 2. The number of hydrogen-bond donors (Lipinski definition) is 2. The first-order valence-electron chi connectivity index (χ1n) is 6.62. The maximum atomic E-state index is 12.2. The number of amides is 2. The summed E-state index contributed by atoms with van der Waals surface area (Å²) in [6, 6.07) is 5.00. The molecule has 4 nitrogen and oxygen atoms in total. The highest BCUT2D eigenvalue weighted by Crippen LogP contribution is 2.24. The minimum atomic E-state index is -0.126. The SMILES string of the molecule is CC1CCCN(C(=O)Nc2cc(C(N)=S)ccc2Cl)C1. The van der Waals surface area contributed by atoms with E-state index in [4.69, 9.17) is 29.6 Å². The smallest absolute Gasteiger partial charge is 0.321 e. The number of rotatable bonds is 2. The number of nitrogens with two attached hydrogens (primary N) is 1. The second-order valence-electron chi connectivity index (χ2n) is 5.18. The molecule has 0 saturated carbocycles. The Kier molecular flexibility index (Phi) is 4.83. The quantitative estimate of drug-likeness (QED) is 0.824. The van der Waals surface area contributed by atoms with Gasteiger partial charge in [0.1, 0.15) is 4.99 Å². The fourth-order valence-corrected chi connectivity index (χ4v) is 2.63. The predicted octanol–water partition coefficient (Wildman–Crippen LogP) is 3.24. The molecule has 1 saturated heterocycles. The fraction of sp³-hybridized carbons (Fsp3) is 0.429. The minimum Gasteiger partial charge on any atom is -0.389 e. The summed E-state index contributed by atoms with van der Waals surface area (Å²) in [6.45, 7) is 3.71. The molecule has 1 aromatic carbocycles. The number of carbonyl (C=O) groups excluding carboxylic acids is 1. The summed E-state index contributed by atoms with van der Waals surface area (Å²) in [5.74, 6) is 0.535. The van der Waals surface area contributed by atoms with Crippen LogP contribution in [0.1, 0.15) is 25.3 Å². The largest absolute Gasteiger partial charge is 0.389 e. The lowest BCUT2D eigenvalue weighted by Crippen LogP contribution is -2.41. The number of halogens is 1. The van der Waals surface area contributed by atoms with Gasteiger partial charge in [-0.3, -0.25) is 0 Å². The molecule has 1 aliphatic heterocycles. The van der Waals surface area contributed by atoms with Crippen molar-refractivity contribution in [3.8, 4) is 0 Å². The van der Waals surface area contributed by atoms with Gasteiger partial charge in [0.25, 0.3) is 0 Å². The lowest BCUT2D eigenvalue weighted by molar-refractivity contribution is 0.182. The monoisotopic (exact) mass is 311 g/mol. The average Bonchev–Trinajstić information content (AvgIpc) is 2.41. The van der Waals surface area contributed by atoms with Crippen LogP contribution in [0.2, 0.25) is 5.02 Å². The molecule has 1 unspecified atom stereocenters. The molecular formula is C14H18ClN3OS. The van der Waals surface area contributed by atoms with E-state index in [1.165, 1.54) is 6.42 Å². The first-order chi connectivity index (χ1) is 9.47. The van der Waals surface area contributed by atoms with Crippen molar-refractivity contribution in [2.45, 2.75) is 19.8 Å². The Morgan fingerprint density at radius 1 is 1.55 bits per heavy atom. The molecule has 6 heteroatoms. The molecule has 1 atom stereocenters. The molecule has 1 aliphatic rings. The van der Waals surface area contributed by atoms with E-state index in [-0.39, 0.29) is 11.0 Å². The summed E-state index contributed by atoms with van der Waals surface area (Å²) in [5.41, 5.74) is 6.82. The Bertz CT molecular complexity index is 535. The topological polar surface area (TPSA) is 58.4 Å². The molecule has 1 fully saturated rings. The molecule has 0 bridgehead atoms. The van der Waals surface area contributed by atoms with Gasteiger partial charge in [-0.2, -0.15) is 0 Å². The molecule has 0 aliphatic carbocycles. The fourth-order valence-electron chi connectivity index (χ4n) is 2.34. The maximum absolute atomic E-state index is 12.2. The van der Waals surface area contributed by atoms with Gasteiger partial charge in [-0.05, 0) is 30.9 Å². The van der Waals surface area contributed by atoms with Crippen LogP contribution in [0, 0.1) is 5.92 Å². The van der Waals surface area contributed by atoms with E-state index in [0.29, 0.717) is 22.2 Å². The zero-order chi connectivity index (χ0) is 14.7. The van der Waals surface area contributed by atoms with E-state index in [1.54, 1.807) is 18.2 Å². The van der Waals surface area contributed by atoms with Crippen LogP contribution in [0.3, 0.4) is 0 Å². The molecule has 0 radical (unpaired) electrons. The molecule has 2 amide bonds. The van der Waals surface area contributed by atoms with Crippen LogP contribution in [0.4, 0.5) is 10.5 Å². The van der Waals surface area contributed by atoms with Gasteiger partial charge in [0.15, 0.2) is 0 Å². The van der Waals surface area contributed by atoms with Crippen molar-refractivity contribution >= 4 is 40.5 Å². The van der Waals surface area contributed by atoms with Gasteiger partial charge < -0.3 is 16.0 Å². The predicted molar refractivity (Wildman–Crippen MR) is 86.3 cm³/mol. The number of likely N-dealkylation sites (tertiary alicyclic amines) is 1. The van der Waals surface area contributed by atoms with Crippen molar-refractivity contribution in [1.82, 2.24) is 4.90 Å². The minimum absolute atomic E-state index is 0.126. The van der Waals surface area contributed by atoms with Crippen LogP contribution in [-0.2, 0) is 0 Å². The van der Waals surface area contributed by atoms with Gasteiger partial charge >= 0.3 is 6.03 Å². The summed E-state index contributed by atoms with van der Waals surface area (Å²) < 4.78 is 0. The third-order valence-corrected chi connectivity index (χ3v) is 4.00. The second-order valence-corrected chi connectivity index (χ2v) is 6.03. The third kappa shape index (κ3) is 3.61. The lowest BCUT2D eigenvalue weighted by Gasteiger charge is -2.31. The molecule has 3 N–H and O–H groups in total. The van der Waals surface area contributed by atoms with Gasteiger partial charge in [-0.15, -0.1) is 0 Å². The Morgan fingerprint density at radius 3 is 2.95 bits per heavy atom. The normalized spacial score (nSPS) is 18.7. The second kappa shape index (κ2) is 6.41. The Morgan fingerprint density at radius 2 is 2.30 bits per heavy atom. The zero-order valence-electron chi connectivity index (χ0n) is 11.4. The van der Waals surface area contributed by atoms with Crippen molar-refractivity contribution < 1.29 is 4.79 Å². The average molecular weight is 312 g/mol. The summed E-state index contributed by atoms with van der Waals surface area (Å²) in [4.78, 5) is 14.3. The molecule has 2 rings (SSSR count). The van der Waals surface area contributed by atoms with Crippen molar-refractivity contribution in [3.63, 3.8) is 0 Å². The lowest BCUT2D eigenvalue weighted by atomic mass is 10.0. The molecule has 20 heavy (non-hydrogen) atoms. The van der Waals surface area contributed by atoms with Crippen LogP contribution in [0.5, 0.6) is 0 Å². The summed E-state index contributed by atoms with van der Waals surface area (Å²) in [7, 11) is 0. The molecule has 1 aromatic rings. The zero-order valence-corrected chi connectivity index (χ0v) is 12.9. The van der Waals surface area contributed by atoms with Crippen molar-refractivity contribution in [2.75, 3.05) is 18.4 Å². The number of thiocarbonyl (C=S) groups is 1. The van der Waals surface area contributed by atoms with Crippen LogP contribution in [0.15, 0.2) is 18.2 Å². The van der Waals surface area contributed by atoms with Gasteiger partial charge in [-0.25, -0.2) is 4.79 Å². The Hall–Kier alpha value is -1.33. The third-order valence-electron chi connectivity index (χ3n) is 3.44. The van der Waals surface area contributed by atoms with E-state index in [9.17, 15) is 4.79 Å². The number of anilines is 1. The number of urea groups is 1. The molecular weight excluding hydrogens is 294 g/mol. The first kappa shape index (κ1) is 15.1. The number of benzene rings is 1. The van der Waals surface area contributed by atoms with E-state index < -0.39 is 0 Å². The summed E-state index contributed by atoms with van der Waals surface area (Å²) >= 11 is 11.0.